The molecule has 1 heterocycles. The van der Waals surface area contributed by atoms with Crippen LogP contribution in [0.2, 0.25) is 0 Å². The first-order valence-electron chi connectivity index (χ1n) is 6.11. The van der Waals surface area contributed by atoms with Crippen molar-refractivity contribution in [2.75, 3.05) is 0 Å². The number of allylic oxidation sites excluding steroid dienone is 2. The van der Waals surface area contributed by atoms with Gasteiger partial charge in [0.15, 0.2) is 0 Å². The predicted octanol–water partition coefficient (Wildman–Crippen LogP) is 4.41. The molecule has 90 valence electrons. The predicted molar refractivity (Wildman–Crippen MR) is 77.2 cm³/mol. The third-order valence-corrected chi connectivity index (χ3v) is 7.91. The minimum absolute atomic E-state index is 0.110. The van der Waals surface area contributed by atoms with E-state index in [9.17, 15) is 0 Å². The Balaban J connectivity index is 2.45. The molecule has 0 saturated carbocycles. The van der Waals surface area contributed by atoms with Crippen molar-refractivity contribution < 1.29 is 0 Å². The van der Waals surface area contributed by atoms with E-state index in [1.807, 2.05) is 0 Å². The minimum atomic E-state index is -0.110. The van der Waals surface area contributed by atoms with Crippen LogP contribution in [0.15, 0.2) is 40.5 Å². The summed E-state index contributed by atoms with van der Waals surface area (Å²) in [5.74, 6) is 0. The van der Waals surface area contributed by atoms with Crippen molar-refractivity contribution in [3.8, 4) is 0 Å². The van der Waals surface area contributed by atoms with Gasteiger partial charge in [0.25, 0.3) is 0 Å². The Hall–Kier alpha value is -0.510. The number of fused-ring (bicyclic) bond motifs is 1. The monoisotopic (exact) mass is 342 g/mol. The van der Waals surface area contributed by atoms with E-state index < -0.39 is 0 Å². The standard InChI is InChI=1S/C16H20Te/c1-5-8-14-13-10-7-6-9-12(13)11-15(17-14)16(2,3)4/h5-7,9-11,14H,1,8H2,2-4H3. The SMILES string of the molecule is C=CCC1[Te]C(C(C)(C)C)=Cc2ccccc21. The average molecular weight is 340 g/mol. The molecular weight excluding hydrogens is 320 g/mol. The molecule has 1 aromatic carbocycles. The van der Waals surface area contributed by atoms with E-state index in [-0.39, 0.29) is 20.9 Å². The molecule has 0 spiro atoms. The van der Waals surface area contributed by atoms with Crippen molar-refractivity contribution in [2.45, 2.75) is 31.2 Å². The van der Waals surface area contributed by atoms with Crippen molar-refractivity contribution in [1.82, 2.24) is 0 Å². The van der Waals surface area contributed by atoms with Crippen LogP contribution in [-0.2, 0) is 0 Å². The molecule has 1 aliphatic rings. The normalized spacial score (nSPS) is 19.5. The Morgan fingerprint density at radius 2 is 2.00 bits per heavy atom. The second-order valence-corrected chi connectivity index (χ2v) is 9.07. The van der Waals surface area contributed by atoms with Crippen LogP contribution in [0, 0.1) is 5.41 Å². The van der Waals surface area contributed by atoms with Gasteiger partial charge in [0.05, 0.1) is 0 Å². The van der Waals surface area contributed by atoms with Crippen LogP contribution in [0.4, 0.5) is 0 Å². The molecule has 0 bridgehead atoms. The van der Waals surface area contributed by atoms with Crippen molar-refractivity contribution in [2.24, 2.45) is 5.41 Å². The fourth-order valence-corrected chi connectivity index (χ4v) is 6.13. The quantitative estimate of drug-likeness (QED) is 0.553. The zero-order valence-electron chi connectivity index (χ0n) is 10.9. The summed E-state index contributed by atoms with van der Waals surface area (Å²) in [5.41, 5.74) is 3.30. The van der Waals surface area contributed by atoms with Gasteiger partial charge < -0.3 is 0 Å². The summed E-state index contributed by atoms with van der Waals surface area (Å²) in [6.07, 6.45) is 5.65. The second kappa shape index (κ2) is 5.01. The summed E-state index contributed by atoms with van der Waals surface area (Å²) >= 11 is -0.110. The molecule has 0 fully saturated rings. The molecule has 0 amide bonds. The van der Waals surface area contributed by atoms with Gasteiger partial charge in [-0.15, -0.1) is 0 Å². The fourth-order valence-electron chi connectivity index (χ4n) is 2.05. The average Bonchev–Trinajstić information content (AvgIpc) is 2.28. The van der Waals surface area contributed by atoms with Crippen LogP contribution < -0.4 is 0 Å². The summed E-state index contributed by atoms with van der Waals surface area (Å²) in [7, 11) is 0. The number of hydrogen-bond donors (Lipinski definition) is 0. The van der Waals surface area contributed by atoms with Crippen LogP contribution in [0.1, 0.15) is 42.3 Å². The molecule has 17 heavy (non-hydrogen) atoms. The third-order valence-electron chi connectivity index (χ3n) is 3.02. The van der Waals surface area contributed by atoms with Gasteiger partial charge in [0.1, 0.15) is 0 Å². The molecule has 1 unspecified atom stereocenters. The molecule has 2 rings (SSSR count). The first kappa shape index (κ1) is 12.9. The van der Waals surface area contributed by atoms with Crippen molar-refractivity contribution >= 4 is 27.0 Å². The van der Waals surface area contributed by atoms with Gasteiger partial charge in [-0.05, 0) is 0 Å². The molecule has 0 N–H and O–H groups in total. The Labute approximate surface area is 115 Å². The molecule has 0 radical (unpaired) electrons. The van der Waals surface area contributed by atoms with Crippen LogP contribution in [0.25, 0.3) is 6.08 Å². The Bertz CT molecular complexity index is 449. The van der Waals surface area contributed by atoms with Crippen molar-refractivity contribution in [3.63, 3.8) is 0 Å². The Morgan fingerprint density at radius 1 is 1.29 bits per heavy atom. The Kier molecular flexibility index (Phi) is 3.81. The molecule has 0 nitrogen and oxygen atoms in total. The van der Waals surface area contributed by atoms with Gasteiger partial charge in [-0.3, -0.25) is 0 Å². The molecule has 1 heteroatoms. The summed E-state index contributed by atoms with van der Waals surface area (Å²) in [5, 5.41) is 0. The molecule has 1 aliphatic heterocycles. The Morgan fingerprint density at radius 3 is 2.65 bits per heavy atom. The topological polar surface area (TPSA) is 0 Å². The third kappa shape index (κ3) is 2.84. The first-order chi connectivity index (χ1) is 8.02. The molecule has 0 aliphatic carbocycles. The van der Waals surface area contributed by atoms with Gasteiger partial charge in [-0.2, -0.15) is 0 Å². The summed E-state index contributed by atoms with van der Waals surface area (Å²) in [4.78, 5) is 0. The molecule has 0 aromatic heterocycles. The second-order valence-electron chi connectivity index (χ2n) is 5.52. The molecule has 1 aromatic rings. The van der Waals surface area contributed by atoms with Gasteiger partial charge in [-0.25, -0.2) is 0 Å². The van der Waals surface area contributed by atoms with Crippen LogP contribution in [-0.4, -0.2) is 20.9 Å². The van der Waals surface area contributed by atoms with E-state index in [1.54, 1.807) is 9.18 Å². The summed E-state index contributed by atoms with van der Waals surface area (Å²) < 4.78 is 2.43. The summed E-state index contributed by atoms with van der Waals surface area (Å²) in [6, 6.07) is 8.86. The van der Waals surface area contributed by atoms with Gasteiger partial charge in [0.2, 0.25) is 0 Å². The van der Waals surface area contributed by atoms with E-state index in [4.69, 9.17) is 0 Å². The zero-order chi connectivity index (χ0) is 12.5. The maximum atomic E-state index is 3.92. The number of rotatable bonds is 2. The van der Waals surface area contributed by atoms with Crippen LogP contribution in [0.5, 0.6) is 0 Å². The fraction of sp³-hybridized carbons (Fsp3) is 0.375. The van der Waals surface area contributed by atoms with Gasteiger partial charge in [-0.1, -0.05) is 0 Å². The van der Waals surface area contributed by atoms with Crippen LogP contribution in [0.3, 0.4) is 0 Å². The molecular formula is C16H20Te. The van der Waals surface area contributed by atoms with Crippen molar-refractivity contribution in [1.29, 1.82) is 0 Å². The number of hydrogen-bond acceptors (Lipinski definition) is 0. The van der Waals surface area contributed by atoms with Crippen molar-refractivity contribution in [3.05, 3.63) is 51.7 Å². The van der Waals surface area contributed by atoms with E-state index in [2.05, 4.69) is 63.8 Å². The van der Waals surface area contributed by atoms with E-state index in [1.165, 1.54) is 5.56 Å². The van der Waals surface area contributed by atoms with E-state index in [0.717, 1.165) is 10.4 Å². The first-order valence-corrected chi connectivity index (χ1v) is 8.62. The van der Waals surface area contributed by atoms with Gasteiger partial charge >= 0.3 is 115 Å². The van der Waals surface area contributed by atoms with Gasteiger partial charge in [0, 0.05) is 0 Å². The maximum absolute atomic E-state index is 3.92. The van der Waals surface area contributed by atoms with E-state index in [0.29, 0.717) is 5.41 Å². The number of benzene rings is 1. The summed E-state index contributed by atoms with van der Waals surface area (Å²) in [6.45, 7) is 10.9. The van der Waals surface area contributed by atoms with Crippen LogP contribution >= 0.6 is 0 Å². The van der Waals surface area contributed by atoms with E-state index >= 15 is 0 Å². The molecule has 0 saturated heterocycles. The molecule has 1 atom stereocenters. The zero-order valence-corrected chi connectivity index (χ0v) is 13.2.